The summed E-state index contributed by atoms with van der Waals surface area (Å²) in [6.07, 6.45) is 12.1. The Bertz CT molecular complexity index is 1010. The van der Waals surface area contributed by atoms with Crippen LogP contribution in [-0.4, -0.2) is 36.3 Å². The molecule has 0 saturated carbocycles. The van der Waals surface area contributed by atoms with Gasteiger partial charge in [0.05, 0.1) is 22.1 Å². The minimum Gasteiger partial charge on any atom is -0.748 e. The Labute approximate surface area is 210 Å². The molecule has 8 heteroatoms. The lowest BCUT2D eigenvalue weighted by atomic mass is 9.75. The van der Waals surface area contributed by atoms with E-state index in [1.807, 2.05) is 42.9 Å². The topological polar surface area (TPSA) is 100 Å². The van der Waals surface area contributed by atoms with Crippen LogP contribution in [-0.2, 0) is 26.2 Å². The maximum atomic E-state index is 12.8. The van der Waals surface area contributed by atoms with Gasteiger partial charge in [-0.25, -0.2) is 13.0 Å². The molecule has 0 amide bonds. The zero-order valence-electron chi connectivity index (χ0n) is 21.5. The molecule has 2 atom stereocenters. The van der Waals surface area contributed by atoms with Gasteiger partial charge in [0.25, 0.3) is 0 Å². The fourth-order valence-electron chi connectivity index (χ4n) is 4.37. The van der Waals surface area contributed by atoms with Crippen LogP contribution in [0.1, 0.15) is 89.2 Å². The van der Waals surface area contributed by atoms with Crippen molar-refractivity contribution in [2.45, 2.75) is 84.6 Å². The molecule has 0 aromatic carbocycles. The van der Waals surface area contributed by atoms with Crippen molar-refractivity contribution in [2.24, 2.45) is 5.41 Å². The number of aryl methyl sites for hydroxylation is 1. The summed E-state index contributed by atoms with van der Waals surface area (Å²) in [5, 5.41) is 0. The van der Waals surface area contributed by atoms with Crippen molar-refractivity contribution < 1.29 is 27.1 Å². The van der Waals surface area contributed by atoms with E-state index in [2.05, 4.69) is 31.0 Å². The third-order valence-electron chi connectivity index (χ3n) is 6.48. The van der Waals surface area contributed by atoms with Crippen molar-refractivity contribution in [3.05, 3.63) is 60.2 Å². The van der Waals surface area contributed by atoms with E-state index in [0.717, 1.165) is 31.2 Å². The van der Waals surface area contributed by atoms with Gasteiger partial charge in [-0.3, -0.25) is 9.78 Å². The third-order valence-corrected chi connectivity index (χ3v) is 7.27. The van der Waals surface area contributed by atoms with Crippen LogP contribution in [0.2, 0.25) is 0 Å². The predicted octanol–water partition coefficient (Wildman–Crippen LogP) is 4.73. The molecule has 0 saturated heterocycles. The van der Waals surface area contributed by atoms with Crippen LogP contribution in [0, 0.1) is 5.41 Å². The lowest BCUT2D eigenvalue weighted by Gasteiger charge is -2.30. The van der Waals surface area contributed by atoms with Crippen LogP contribution in [0.15, 0.2) is 49.1 Å². The van der Waals surface area contributed by atoms with E-state index in [1.54, 1.807) is 12.4 Å². The van der Waals surface area contributed by atoms with Gasteiger partial charge < -0.3 is 9.29 Å². The number of unbranched alkanes of at least 4 members (excludes halogenated alkanes) is 1. The molecule has 0 N–H and O–H groups in total. The zero-order valence-corrected chi connectivity index (χ0v) is 22.3. The number of ether oxygens (including phenoxy) is 1. The lowest BCUT2D eigenvalue weighted by molar-refractivity contribution is -0.696. The zero-order chi connectivity index (χ0) is 25.9. The van der Waals surface area contributed by atoms with Gasteiger partial charge in [-0.1, -0.05) is 20.3 Å². The fourth-order valence-corrected chi connectivity index (χ4v) is 4.86. The molecule has 7 nitrogen and oxygen atoms in total. The van der Waals surface area contributed by atoms with Crippen molar-refractivity contribution in [1.82, 2.24) is 4.98 Å². The molecule has 2 aromatic rings. The number of aromatic nitrogens is 2. The second-order valence-electron chi connectivity index (χ2n) is 9.88. The van der Waals surface area contributed by atoms with Crippen molar-refractivity contribution >= 4 is 16.1 Å². The Balaban J connectivity index is 2.15. The predicted molar refractivity (Wildman–Crippen MR) is 135 cm³/mol. The minimum absolute atomic E-state index is 0.154. The Morgan fingerprint density at radius 1 is 1.06 bits per heavy atom. The van der Waals surface area contributed by atoms with E-state index in [9.17, 15) is 17.8 Å². The first-order chi connectivity index (χ1) is 16.6. The molecule has 0 fully saturated rings. The van der Waals surface area contributed by atoms with Gasteiger partial charge in [0, 0.05) is 36.7 Å². The summed E-state index contributed by atoms with van der Waals surface area (Å²) in [7, 11) is -4.19. The maximum absolute atomic E-state index is 12.8. The number of hydrogen-bond acceptors (Lipinski definition) is 6. The first-order valence-electron chi connectivity index (χ1n) is 12.6. The quantitative estimate of drug-likeness (QED) is 0.150. The number of carbonyl (C=O) groups is 1. The molecule has 194 valence electrons. The maximum Gasteiger partial charge on any atom is 0.311 e. The SMILES string of the molecule is CCCCOC(=O)C(C)(C)CC(CC(CC)c1cc[n+](CCCS(=O)(=O)[O-])cc1)c1ccncc1. The summed E-state index contributed by atoms with van der Waals surface area (Å²) in [5.74, 6) is -0.0641. The summed E-state index contributed by atoms with van der Waals surface area (Å²) in [5.41, 5.74) is 1.75. The Morgan fingerprint density at radius 3 is 2.26 bits per heavy atom. The van der Waals surface area contributed by atoms with Crippen molar-refractivity contribution in [1.29, 1.82) is 0 Å². The van der Waals surface area contributed by atoms with E-state index in [4.69, 9.17) is 4.74 Å². The molecule has 0 spiro atoms. The molecular formula is C27H40N2O5S. The van der Waals surface area contributed by atoms with Crippen LogP contribution >= 0.6 is 0 Å². The van der Waals surface area contributed by atoms with Gasteiger partial charge in [0.15, 0.2) is 12.4 Å². The van der Waals surface area contributed by atoms with E-state index in [1.165, 1.54) is 5.56 Å². The van der Waals surface area contributed by atoms with E-state index < -0.39 is 15.5 Å². The van der Waals surface area contributed by atoms with E-state index >= 15 is 0 Å². The molecule has 0 aliphatic rings. The summed E-state index contributed by atoms with van der Waals surface area (Å²) in [6, 6.07) is 8.18. The molecule has 0 bridgehead atoms. The monoisotopic (exact) mass is 504 g/mol. The highest BCUT2D eigenvalue weighted by Gasteiger charge is 2.34. The number of pyridine rings is 2. The van der Waals surface area contributed by atoms with Crippen molar-refractivity contribution in [2.75, 3.05) is 12.4 Å². The van der Waals surface area contributed by atoms with Gasteiger partial charge in [0.1, 0.15) is 6.54 Å². The average Bonchev–Trinajstić information content (AvgIpc) is 2.82. The van der Waals surface area contributed by atoms with Gasteiger partial charge in [0.2, 0.25) is 0 Å². The number of nitrogens with zero attached hydrogens (tertiary/aromatic N) is 2. The Hall–Kier alpha value is -2.32. The first kappa shape index (κ1) is 28.9. The van der Waals surface area contributed by atoms with E-state index in [0.29, 0.717) is 26.0 Å². The molecule has 2 rings (SSSR count). The van der Waals surface area contributed by atoms with Gasteiger partial charge in [-0.15, -0.1) is 0 Å². The van der Waals surface area contributed by atoms with Gasteiger partial charge in [-0.05, 0) is 74.6 Å². The van der Waals surface area contributed by atoms with Crippen LogP contribution in [0.3, 0.4) is 0 Å². The fraction of sp³-hybridized carbons (Fsp3) is 0.593. The van der Waals surface area contributed by atoms with Crippen LogP contribution in [0.25, 0.3) is 0 Å². The molecule has 2 unspecified atom stereocenters. The highest BCUT2D eigenvalue weighted by atomic mass is 32.2. The van der Waals surface area contributed by atoms with Gasteiger partial charge in [-0.2, -0.15) is 0 Å². The molecule has 35 heavy (non-hydrogen) atoms. The first-order valence-corrected chi connectivity index (χ1v) is 14.1. The van der Waals surface area contributed by atoms with Gasteiger partial charge >= 0.3 is 5.97 Å². The normalized spacial score (nSPS) is 13.9. The molecule has 0 aliphatic carbocycles. The molecule has 2 heterocycles. The molecule has 0 radical (unpaired) electrons. The highest BCUT2D eigenvalue weighted by molar-refractivity contribution is 7.85. The number of hydrogen-bond donors (Lipinski definition) is 0. The molecule has 0 aliphatic heterocycles. The van der Waals surface area contributed by atoms with E-state index in [-0.39, 0.29) is 23.6 Å². The van der Waals surface area contributed by atoms with Crippen LogP contribution in [0.4, 0.5) is 0 Å². The summed E-state index contributed by atoms with van der Waals surface area (Å²) in [4.78, 5) is 17.0. The standard InChI is InChI=1S/C27H40N2O5S/c1-5-7-18-34-26(30)27(3,4)21-25(23-9-13-28-14-10-23)20-22(6-2)24-11-16-29(17-12-24)15-8-19-35(31,32)33/h9-14,16-17,22,25H,5-8,15,18-21H2,1-4H3. The molecular weight excluding hydrogens is 464 g/mol. The smallest absolute Gasteiger partial charge is 0.311 e. The number of rotatable bonds is 15. The highest BCUT2D eigenvalue weighted by Crippen LogP contribution is 2.40. The lowest BCUT2D eigenvalue weighted by Crippen LogP contribution is -2.33. The summed E-state index contributed by atoms with van der Waals surface area (Å²) in [6.45, 7) is 9.10. The summed E-state index contributed by atoms with van der Waals surface area (Å²) >= 11 is 0. The van der Waals surface area contributed by atoms with Crippen molar-refractivity contribution in [3.63, 3.8) is 0 Å². The second kappa shape index (κ2) is 13.7. The summed E-state index contributed by atoms with van der Waals surface area (Å²) < 4.78 is 40.0. The third kappa shape index (κ3) is 10.1. The Kier molecular flexibility index (Phi) is 11.3. The van der Waals surface area contributed by atoms with Crippen LogP contribution in [0.5, 0.6) is 0 Å². The number of carbonyl (C=O) groups excluding carboxylic acids is 1. The van der Waals surface area contributed by atoms with Crippen LogP contribution < -0.4 is 4.57 Å². The van der Waals surface area contributed by atoms with Crippen molar-refractivity contribution in [3.8, 4) is 0 Å². The Morgan fingerprint density at radius 2 is 1.69 bits per heavy atom. The average molecular weight is 505 g/mol. The second-order valence-corrected chi connectivity index (χ2v) is 11.4. The largest absolute Gasteiger partial charge is 0.748 e. The molecule has 2 aromatic heterocycles. The number of esters is 1. The minimum atomic E-state index is -4.19.